The standard InChI is InChI=1S/C36H32ClFN6O5/c1-3-49-33-22(17-29(40)45)16-28(42-32(33)26-11-7-8-21(18-39)30(26)37)36(47,25-9-5-4-6-10-25)20-41-34(46)23-14-24-19-44(35(38)12-13-35)43-31(24)27(15-23)48-2/h4-11,14-16,19,47H,3,12-13,17,20H2,1-2H3,(H2,40,45)(H,41,46)/t36-/m1/s1. The fraction of sp³-hybridized carbons (Fsp3) is 0.250. The van der Waals surface area contributed by atoms with Crippen LogP contribution in [0.25, 0.3) is 22.2 Å². The van der Waals surface area contributed by atoms with E-state index in [1.165, 1.54) is 23.9 Å². The number of nitrogens with two attached hydrogens (primary N) is 1. The summed E-state index contributed by atoms with van der Waals surface area (Å²) in [6.07, 6.45) is 1.98. The molecule has 1 aliphatic carbocycles. The highest BCUT2D eigenvalue weighted by molar-refractivity contribution is 6.34. The van der Waals surface area contributed by atoms with Crippen molar-refractivity contribution in [2.45, 2.75) is 37.6 Å². The summed E-state index contributed by atoms with van der Waals surface area (Å²) in [7, 11) is 1.43. The van der Waals surface area contributed by atoms with Crippen LogP contribution < -0.4 is 20.5 Å². The lowest BCUT2D eigenvalue weighted by Gasteiger charge is -2.30. The molecule has 3 aromatic carbocycles. The van der Waals surface area contributed by atoms with Crippen LogP contribution in [0.3, 0.4) is 0 Å². The number of nitrogens with zero attached hydrogens (tertiary/aromatic N) is 4. The van der Waals surface area contributed by atoms with Crippen LogP contribution in [0.2, 0.25) is 5.02 Å². The van der Waals surface area contributed by atoms with Crippen LogP contribution in [-0.4, -0.2) is 51.9 Å². The maximum atomic E-state index is 14.8. The zero-order chi connectivity index (χ0) is 34.9. The fourth-order valence-electron chi connectivity index (χ4n) is 5.70. The van der Waals surface area contributed by atoms with E-state index < -0.39 is 23.2 Å². The first-order valence-electron chi connectivity index (χ1n) is 15.5. The predicted molar refractivity (Wildman–Crippen MR) is 180 cm³/mol. The summed E-state index contributed by atoms with van der Waals surface area (Å²) in [4.78, 5) is 30.8. The number of carbonyl (C=O) groups excluding carboxylic acids is 2. The number of ether oxygens (including phenoxy) is 2. The van der Waals surface area contributed by atoms with Crippen LogP contribution >= 0.6 is 11.6 Å². The number of methoxy groups -OCH3 is 1. The highest BCUT2D eigenvalue weighted by Gasteiger charge is 2.46. The van der Waals surface area contributed by atoms with Crippen molar-refractivity contribution in [3.05, 3.63) is 106 Å². The van der Waals surface area contributed by atoms with Crippen LogP contribution in [0.5, 0.6) is 11.5 Å². The van der Waals surface area contributed by atoms with Crippen LogP contribution in [0.4, 0.5) is 4.39 Å². The van der Waals surface area contributed by atoms with E-state index in [4.69, 9.17) is 31.8 Å². The number of alkyl halides is 1. The Morgan fingerprint density at radius 1 is 1.18 bits per heavy atom. The molecule has 2 aromatic heterocycles. The molecule has 0 aliphatic heterocycles. The lowest BCUT2D eigenvalue weighted by atomic mass is 9.87. The van der Waals surface area contributed by atoms with Crippen LogP contribution in [0, 0.1) is 11.3 Å². The number of hydrogen-bond acceptors (Lipinski definition) is 8. The molecular formula is C36H32ClFN6O5. The van der Waals surface area contributed by atoms with Gasteiger partial charge in [-0.05, 0) is 36.8 Å². The first-order chi connectivity index (χ1) is 23.5. The van der Waals surface area contributed by atoms with Gasteiger partial charge in [-0.2, -0.15) is 10.4 Å². The SMILES string of the molecule is CCOc1c(CC(N)=O)cc([C@@](O)(CNC(=O)c2cc(OC)c3nn(C4(F)CC4)cc3c2)c2ccccc2)nc1-c1cccc(C#N)c1Cl. The zero-order valence-corrected chi connectivity index (χ0v) is 27.4. The summed E-state index contributed by atoms with van der Waals surface area (Å²) in [5, 5.41) is 30.0. The number of aliphatic hydroxyl groups is 1. The van der Waals surface area contributed by atoms with Gasteiger partial charge in [0.15, 0.2) is 0 Å². The minimum absolute atomic E-state index is 0.0547. The van der Waals surface area contributed by atoms with E-state index in [-0.39, 0.29) is 58.6 Å². The van der Waals surface area contributed by atoms with Crippen molar-refractivity contribution in [1.82, 2.24) is 20.1 Å². The summed E-state index contributed by atoms with van der Waals surface area (Å²) >= 11 is 6.66. The van der Waals surface area contributed by atoms with Crippen LogP contribution in [0.15, 0.2) is 72.9 Å². The molecule has 1 fully saturated rings. The molecule has 1 atom stereocenters. The average Bonchev–Trinajstić information content (AvgIpc) is 3.70. The Kier molecular flexibility index (Phi) is 8.98. The van der Waals surface area contributed by atoms with E-state index in [9.17, 15) is 24.3 Å². The summed E-state index contributed by atoms with van der Waals surface area (Å²) in [6.45, 7) is 1.59. The van der Waals surface area contributed by atoms with Gasteiger partial charge in [-0.1, -0.05) is 54.1 Å². The lowest BCUT2D eigenvalue weighted by Crippen LogP contribution is -2.42. The number of aromatic nitrogens is 3. The average molecular weight is 683 g/mol. The number of primary amides is 1. The van der Waals surface area contributed by atoms with E-state index >= 15 is 0 Å². The fourth-order valence-corrected chi connectivity index (χ4v) is 5.96. The molecule has 11 nitrogen and oxygen atoms in total. The molecule has 0 spiro atoms. The van der Waals surface area contributed by atoms with Crippen molar-refractivity contribution in [2.75, 3.05) is 20.3 Å². The molecule has 0 unspecified atom stereocenters. The number of nitrogens with one attached hydrogen (secondary N) is 1. The number of amides is 2. The second-order valence-corrected chi connectivity index (χ2v) is 12.1. The van der Waals surface area contributed by atoms with Crippen molar-refractivity contribution in [1.29, 1.82) is 5.26 Å². The van der Waals surface area contributed by atoms with Crippen LogP contribution in [0.1, 0.15) is 52.5 Å². The number of benzene rings is 3. The maximum Gasteiger partial charge on any atom is 0.251 e. The molecule has 4 N–H and O–H groups in total. The molecular weight excluding hydrogens is 651 g/mol. The number of pyridine rings is 1. The number of halogens is 2. The number of hydrogen-bond donors (Lipinski definition) is 3. The second kappa shape index (κ2) is 13.2. The van der Waals surface area contributed by atoms with Crippen molar-refractivity contribution in [3.8, 4) is 28.8 Å². The first-order valence-corrected chi connectivity index (χ1v) is 15.9. The molecule has 0 bridgehead atoms. The number of carbonyl (C=O) groups is 2. The Bertz CT molecular complexity index is 2130. The Morgan fingerprint density at radius 2 is 1.94 bits per heavy atom. The van der Waals surface area contributed by atoms with Gasteiger partial charge in [0.2, 0.25) is 11.7 Å². The third-order valence-electron chi connectivity index (χ3n) is 8.39. The van der Waals surface area contributed by atoms with Crippen LogP contribution in [-0.2, 0) is 22.6 Å². The Labute approximate surface area is 286 Å². The quantitative estimate of drug-likeness (QED) is 0.163. The topological polar surface area (TPSA) is 165 Å². The first kappa shape index (κ1) is 33.4. The van der Waals surface area contributed by atoms with E-state index in [1.807, 2.05) is 6.07 Å². The molecule has 0 saturated heterocycles. The van der Waals surface area contributed by atoms with E-state index in [0.717, 1.165) is 0 Å². The molecule has 2 amide bonds. The van der Waals surface area contributed by atoms with Gasteiger partial charge in [0.1, 0.15) is 34.4 Å². The summed E-state index contributed by atoms with van der Waals surface area (Å²) in [5.41, 5.74) is 5.73. The molecule has 0 radical (unpaired) electrons. The minimum Gasteiger partial charge on any atom is -0.494 e. The normalized spacial score (nSPS) is 14.4. The third-order valence-corrected chi connectivity index (χ3v) is 8.79. The largest absolute Gasteiger partial charge is 0.494 e. The molecule has 13 heteroatoms. The van der Waals surface area contributed by atoms with Gasteiger partial charge >= 0.3 is 0 Å². The zero-order valence-electron chi connectivity index (χ0n) is 26.7. The van der Waals surface area contributed by atoms with E-state index in [2.05, 4.69) is 10.4 Å². The predicted octanol–water partition coefficient (Wildman–Crippen LogP) is 5.14. The second-order valence-electron chi connectivity index (χ2n) is 11.7. The van der Waals surface area contributed by atoms with Gasteiger partial charge in [0.05, 0.1) is 43.0 Å². The molecule has 1 aliphatic rings. The molecule has 49 heavy (non-hydrogen) atoms. The van der Waals surface area contributed by atoms with Gasteiger partial charge in [0.25, 0.3) is 5.91 Å². The summed E-state index contributed by atoms with van der Waals surface area (Å²) < 4.78 is 27.5. The molecule has 250 valence electrons. The highest BCUT2D eigenvalue weighted by atomic mass is 35.5. The molecule has 1 saturated carbocycles. The van der Waals surface area contributed by atoms with Gasteiger partial charge < -0.3 is 25.6 Å². The van der Waals surface area contributed by atoms with Crippen molar-refractivity contribution in [2.24, 2.45) is 5.73 Å². The third kappa shape index (κ3) is 6.38. The molecule has 5 aromatic rings. The maximum absolute atomic E-state index is 14.8. The van der Waals surface area contributed by atoms with Gasteiger partial charge in [-0.3, -0.25) is 9.59 Å². The summed E-state index contributed by atoms with van der Waals surface area (Å²) in [6, 6.07) is 20.0. The van der Waals surface area contributed by atoms with Crippen molar-refractivity contribution in [3.63, 3.8) is 0 Å². The smallest absolute Gasteiger partial charge is 0.251 e. The minimum atomic E-state index is -1.96. The van der Waals surface area contributed by atoms with E-state index in [0.29, 0.717) is 40.4 Å². The van der Waals surface area contributed by atoms with Crippen molar-refractivity contribution >= 4 is 34.3 Å². The highest BCUT2D eigenvalue weighted by Crippen LogP contribution is 2.45. The number of fused-ring (bicyclic) bond motifs is 1. The number of nitriles is 1. The Hall–Kier alpha value is -5.51. The van der Waals surface area contributed by atoms with E-state index in [1.54, 1.807) is 67.7 Å². The van der Waals surface area contributed by atoms with Gasteiger partial charge in [-0.25, -0.2) is 14.1 Å². The lowest BCUT2D eigenvalue weighted by molar-refractivity contribution is -0.117. The van der Waals surface area contributed by atoms with Gasteiger partial charge in [0, 0.05) is 41.1 Å². The Balaban J connectivity index is 1.45. The van der Waals surface area contributed by atoms with Crippen molar-refractivity contribution < 1.29 is 28.6 Å². The molecule has 6 rings (SSSR count). The molecule has 2 heterocycles. The summed E-state index contributed by atoms with van der Waals surface area (Å²) in [5.74, 6) is -2.27. The Morgan fingerprint density at radius 3 is 2.59 bits per heavy atom. The number of rotatable bonds is 12. The van der Waals surface area contributed by atoms with Gasteiger partial charge in [-0.15, -0.1) is 0 Å². The monoisotopic (exact) mass is 682 g/mol.